The predicted octanol–water partition coefficient (Wildman–Crippen LogP) is 4.22. The Kier molecular flexibility index (Phi) is 10.4. The van der Waals surface area contributed by atoms with Crippen molar-refractivity contribution in [3.63, 3.8) is 0 Å². The van der Waals surface area contributed by atoms with Gasteiger partial charge >= 0.3 is 5.97 Å². The van der Waals surface area contributed by atoms with Crippen molar-refractivity contribution in [3.8, 4) is 5.69 Å². The maximum atomic E-state index is 14.9. The van der Waals surface area contributed by atoms with Gasteiger partial charge < -0.3 is 29.2 Å². The number of para-hydroxylation sites is 1. The Morgan fingerprint density at radius 3 is 2.45 bits per heavy atom. The number of aliphatic hydroxyl groups is 1. The highest BCUT2D eigenvalue weighted by atomic mass is 28.4. The first-order chi connectivity index (χ1) is 24.4. The Bertz CT molecular complexity index is 1970. The number of nitrogens with zero attached hydrogens (tertiary/aromatic N) is 3. The molecule has 270 valence electrons. The molecule has 51 heavy (non-hydrogen) atoms. The normalized spacial score (nSPS) is 21.4. The number of hydrogen-bond acceptors (Lipinski definition) is 8. The van der Waals surface area contributed by atoms with E-state index in [1.807, 2.05) is 55.5 Å². The molecule has 3 aromatic carbocycles. The van der Waals surface area contributed by atoms with Gasteiger partial charge in [0.2, 0.25) is 5.91 Å². The minimum Gasteiger partial charge on any atom is -0.469 e. The van der Waals surface area contributed by atoms with Crippen LogP contribution in [0, 0.1) is 5.92 Å². The minimum absolute atomic E-state index is 0.0938. The van der Waals surface area contributed by atoms with Crippen LogP contribution in [-0.4, -0.2) is 83.6 Å². The molecule has 1 fully saturated rings. The number of anilines is 1. The molecule has 0 radical (unpaired) electrons. The number of rotatable bonds is 13. The number of nitrogens with one attached hydrogen (secondary N) is 1. The number of benzene rings is 3. The van der Waals surface area contributed by atoms with Crippen LogP contribution in [0.25, 0.3) is 16.6 Å². The Morgan fingerprint density at radius 2 is 1.76 bits per heavy atom. The number of hydrogen-bond donors (Lipinski definition) is 3. The van der Waals surface area contributed by atoms with Gasteiger partial charge in [-0.05, 0) is 61.8 Å². The summed E-state index contributed by atoms with van der Waals surface area (Å²) in [6.45, 7) is 6.00. The lowest BCUT2D eigenvalue weighted by Gasteiger charge is -2.32. The number of aliphatic hydroxyl groups excluding tert-OH is 1. The van der Waals surface area contributed by atoms with Gasteiger partial charge in [0, 0.05) is 43.1 Å². The topological polar surface area (TPSA) is 154 Å². The molecule has 4 atom stereocenters. The smallest absolute Gasteiger partial charge is 0.305 e. The second kappa shape index (κ2) is 14.6. The van der Waals surface area contributed by atoms with Crippen LogP contribution in [0.4, 0.5) is 5.69 Å². The summed E-state index contributed by atoms with van der Waals surface area (Å²) in [6, 6.07) is 22.1. The highest BCUT2D eigenvalue weighted by Gasteiger charge is 2.66. The first-order valence-electron chi connectivity index (χ1n) is 17.5. The fourth-order valence-corrected chi connectivity index (χ4v) is 10.6. The lowest BCUT2D eigenvalue weighted by atomic mass is 9.82. The van der Waals surface area contributed by atoms with Crippen molar-refractivity contribution in [1.29, 1.82) is 0 Å². The van der Waals surface area contributed by atoms with Gasteiger partial charge in [-0.3, -0.25) is 24.3 Å². The molecule has 2 aliphatic rings. The second-order valence-electron chi connectivity index (χ2n) is 14.1. The van der Waals surface area contributed by atoms with Crippen LogP contribution in [0.2, 0.25) is 18.6 Å². The van der Waals surface area contributed by atoms with Crippen LogP contribution in [0.5, 0.6) is 0 Å². The molecule has 2 aliphatic heterocycles. The molecule has 12 nitrogen and oxygen atoms in total. The average Bonchev–Trinajstić information content (AvgIpc) is 3.69. The Labute approximate surface area is 297 Å². The lowest BCUT2D eigenvalue weighted by Crippen LogP contribution is -2.46. The van der Waals surface area contributed by atoms with Gasteiger partial charge in [-0.1, -0.05) is 49.4 Å². The van der Waals surface area contributed by atoms with Crippen LogP contribution in [0.3, 0.4) is 0 Å². The van der Waals surface area contributed by atoms with Gasteiger partial charge in [-0.25, -0.2) is 4.68 Å². The number of aromatic nitrogens is 2. The largest absolute Gasteiger partial charge is 0.469 e. The SMILES string of the molecule is COC(=O)CCCCN1C(=O)[C@@]2(O[C@@H](CC(=O)N(CCO)Cc3ccccc3)[C@H]([Si](C)(C)O)[C@H]2C)c2cc(-n3[nH]c4ccccc4c3=O)ccc21. The minimum atomic E-state index is -3.10. The summed E-state index contributed by atoms with van der Waals surface area (Å²) < 4.78 is 13.2. The van der Waals surface area contributed by atoms with Crippen LogP contribution in [-0.2, 0) is 36.0 Å². The zero-order valence-corrected chi connectivity index (χ0v) is 30.5. The fraction of sp³-hybridized carbons (Fsp3) is 0.421. The lowest BCUT2D eigenvalue weighted by molar-refractivity contribution is -0.150. The number of carbonyl (C=O) groups excluding carboxylic acids is 3. The summed E-state index contributed by atoms with van der Waals surface area (Å²) in [5.41, 5.74) is 0.971. The number of carbonyl (C=O) groups is 3. The highest BCUT2D eigenvalue weighted by Crippen LogP contribution is 2.60. The van der Waals surface area contributed by atoms with Gasteiger partial charge in [-0.2, -0.15) is 0 Å². The Morgan fingerprint density at radius 1 is 1.04 bits per heavy atom. The number of amides is 2. The number of methoxy groups -OCH3 is 1. The highest BCUT2D eigenvalue weighted by molar-refractivity contribution is 6.71. The summed E-state index contributed by atoms with van der Waals surface area (Å²) in [7, 11) is -1.75. The summed E-state index contributed by atoms with van der Waals surface area (Å²) in [5, 5.41) is 13.5. The first-order valence-corrected chi connectivity index (χ1v) is 20.5. The maximum Gasteiger partial charge on any atom is 0.305 e. The average molecular weight is 715 g/mol. The molecule has 0 saturated carbocycles. The predicted molar refractivity (Wildman–Crippen MR) is 195 cm³/mol. The molecule has 2 amide bonds. The molecule has 0 unspecified atom stereocenters. The summed E-state index contributed by atoms with van der Waals surface area (Å²) in [6.07, 6.45) is 0.358. The van der Waals surface area contributed by atoms with Crippen molar-refractivity contribution in [2.24, 2.45) is 5.92 Å². The van der Waals surface area contributed by atoms with Crippen molar-refractivity contribution in [3.05, 3.63) is 94.3 Å². The molecular weight excluding hydrogens is 669 g/mol. The van der Waals surface area contributed by atoms with Crippen molar-refractivity contribution < 1.29 is 33.8 Å². The van der Waals surface area contributed by atoms with Gasteiger partial charge in [0.05, 0.1) is 48.5 Å². The van der Waals surface area contributed by atoms with Gasteiger partial charge in [0.15, 0.2) is 13.9 Å². The van der Waals surface area contributed by atoms with E-state index < -0.39 is 31.5 Å². The molecule has 1 aromatic heterocycles. The molecular formula is C38H46N4O8Si. The zero-order valence-electron chi connectivity index (χ0n) is 29.5. The third kappa shape index (κ3) is 6.78. The molecule has 1 saturated heterocycles. The Balaban J connectivity index is 1.40. The molecule has 13 heteroatoms. The molecule has 4 aromatic rings. The van der Waals surface area contributed by atoms with E-state index in [0.717, 1.165) is 5.56 Å². The number of esters is 1. The second-order valence-corrected chi connectivity index (χ2v) is 18.1. The molecule has 0 aliphatic carbocycles. The quantitative estimate of drug-likeness (QED) is 0.106. The molecule has 0 bridgehead atoms. The van der Waals surface area contributed by atoms with Crippen LogP contribution >= 0.6 is 0 Å². The van der Waals surface area contributed by atoms with E-state index in [1.54, 1.807) is 47.2 Å². The van der Waals surface area contributed by atoms with E-state index in [4.69, 9.17) is 9.47 Å². The van der Waals surface area contributed by atoms with E-state index in [1.165, 1.54) is 11.8 Å². The number of ether oxygens (including phenoxy) is 2. The molecule has 1 spiro atoms. The number of H-pyrrole nitrogens is 1. The third-order valence-corrected chi connectivity index (χ3v) is 12.9. The van der Waals surface area contributed by atoms with E-state index >= 15 is 0 Å². The summed E-state index contributed by atoms with van der Waals surface area (Å²) in [4.78, 5) is 69.1. The van der Waals surface area contributed by atoms with Crippen molar-refractivity contribution in [2.45, 2.75) is 69.5 Å². The molecule has 6 rings (SSSR count). The summed E-state index contributed by atoms with van der Waals surface area (Å²) in [5.74, 6) is -1.43. The first kappa shape index (κ1) is 36.2. The fourth-order valence-electron chi connectivity index (χ4n) is 8.03. The van der Waals surface area contributed by atoms with Crippen molar-refractivity contribution in [2.75, 3.05) is 31.7 Å². The van der Waals surface area contributed by atoms with Crippen molar-refractivity contribution in [1.82, 2.24) is 14.7 Å². The van der Waals surface area contributed by atoms with Gasteiger partial charge in [-0.15, -0.1) is 0 Å². The number of unbranched alkanes of at least 4 members (excludes halogenated alkanes) is 1. The number of fused-ring (bicyclic) bond motifs is 3. The standard InChI is InChI=1S/C38H46N4O8Si/c1-25-35(51(3,4)48)32(23-33(44)40(20-21-43)24-26-12-6-5-7-13-26)50-38(25)29-22-27(42-36(46)28-14-8-9-15-30(28)39-42)17-18-31(29)41(37(38)47)19-11-10-16-34(45)49-2/h5-9,12-15,17-18,22,25,32,35,39,43,48H,10-11,16,19-21,23-24H2,1-4H3/t25-,32+,35-,38+/m1/s1. The van der Waals surface area contributed by atoms with Crippen LogP contribution < -0.4 is 10.5 Å². The van der Waals surface area contributed by atoms with E-state index in [0.29, 0.717) is 53.8 Å². The van der Waals surface area contributed by atoms with Gasteiger partial charge in [0.1, 0.15) is 0 Å². The summed E-state index contributed by atoms with van der Waals surface area (Å²) >= 11 is 0. The van der Waals surface area contributed by atoms with Crippen LogP contribution in [0.1, 0.15) is 43.7 Å². The zero-order chi connectivity index (χ0) is 36.5. The van der Waals surface area contributed by atoms with E-state index in [-0.39, 0.29) is 49.3 Å². The Hall–Kier alpha value is -4.56. The van der Waals surface area contributed by atoms with E-state index in [2.05, 4.69) is 5.10 Å². The van der Waals surface area contributed by atoms with Crippen LogP contribution in [0.15, 0.2) is 77.6 Å². The maximum absolute atomic E-state index is 14.9. The molecule has 3 heterocycles. The molecule has 3 N–H and O–H groups in total. The van der Waals surface area contributed by atoms with E-state index in [9.17, 15) is 29.1 Å². The number of aromatic amines is 1. The third-order valence-electron chi connectivity index (χ3n) is 10.4. The van der Waals surface area contributed by atoms with Crippen molar-refractivity contribution >= 4 is 42.7 Å². The monoisotopic (exact) mass is 714 g/mol. The van der Waals surface area contributed by atoms with Gasteiger partial charge in [0.25, 0.3) is 11.5 Å².